The average molecular weight is 411 g/mol. The molecule has 0 amide bonds. The predicted molar refractivity (Wildman–Crippen MR) is 45.9 cm³/mol. The molecule has 67 valence electrons. The molecule has 0 fully saturated rings. The number of hydrogen-bond acceptors (Lipinski definition) is 1. The molecule has 0 atom stereocenters. The van der Waals surface area contributed by atoms with Crippen molar-refractivity contribution in [2.45, 2.75) is 20.3 Å². The van der Waals surface area contributed by atoms with Crippen molar-refractivity contribution >= 4 is 4.40 Å². The molecule has 0 aromatic rings. The summed E-state index contributed by atoms with van der Waals surface area (Å²) in [5.41, 5.74) is 0.699. The maximum absolute atomic E-state index is 9.01. The van der Waals surface area contributed by atoms with Gasteiger partial charge in [0.25, 0.3) is 0 Å². The first-order chi connectivity index (χ1) is 5.26. The van der Waals surface area contributed by atoms with Gasteiger partial charge in [-0.05, 0) is 0 Å². The van der Waals surface area contributed by atoms with E-state index in [1.165, 1.54) is 25.4 Å². The largest absolute Gasteiger partial charge is 0 e. The summed E-state index contributed by atoms with van der Waals surface area (Å²) in [5.74, 6) is 0.252. The summed E-state index contributed by atoms with van der Waals surface area (Å²) in [6.07, 6.45) is 1.91. The van der Waals surface area contributed by atoms with E-state index >= 15 is 0 Å². The Bertz CT molecular complexity index is 153. The van der Waals surface area contributed by atoms with Gasteiger partial charge in [0, 0.05) is 32.7 Å². The smallest absolute Gasteiger partial charge is 0 e. The SMILES string of the molecule is CC.[CH-]=CC(C[CH2-])=C(O)[CH]=[W].[Y]. The van der Waals surface area contributed by atoms with Crippen LogP contribution in [0.3, 0.4) is 0 Å². The molecule has 1 radical (unpaired) electrons. The Morgan fingerprint density at radius 2 is 2.00 bits per heavy atom. The zero-order valence-electron chi connectivity index (χ0n) is 7.58. The van der Waals surface area contributed by atoms with Gasteiger partial charge in [0.1, 0.15) is 0 Å². The number of allylic oxidation sites excluding steroid dienone is 3. The summed E-state index contributed by atoms with van der Waals surface area (Å²) in [6.45, 7) is 12.8. The summed E-state index contributed by atoms with van der Waals surface area (Å²) in [6, 6.07) is 0. The van der Waals surface area contributed by atoms with Gasteiger partial charge in [-0.25, -0.2) is 0 Å². The van der Waals surface area contributed by atoms with Crippen LogP contribution in [-0.4, -0.2) is 9.51 Å². The maximum Gasteiger partial charge on any atom is 0 e. The van der Waals surface area contributed by atoms with Gasteiger partial charge in [-0.1, -0.05) is 13.8 Å². The van der Waals surface area contributed by atoms with Crippen molar-refractivity contribution in [3.63, 3.8) is 0 Å². The number of aliphatic hydroxyl groups excluding tert-OH is 1. The minimum absolute atomic E-state index is 0. The van der Waals surface area contributed by atoms with Gasteiger partial charge in [0.05, 0.1) is 0 Å². The molecule has 0 heterocycles. The summed E-state index contributed by atoms with van der Waals surface area (Å²) >= 11 is 1.20. The van der Waals surface area contributed by atoms with Crippen LogP contribution in [0.5, 0.6) is 0 Å². The standard InChI is InChI=1S/C7H8O.C2H6.W.Y/c1-4-7(5-2)6(3)8;1-2;;/h1,3-4,8H,2,5H2;1-2H3;;/q-2;;;. The fourth-order valence-electron chi connectivity index (χ4n) is 0.372. The molecule has 0 aliphatic carbocycles. The molecule has 0 rings (SSSR count). The first-order valence-electron chi connectivity index (χ1n) is 3.47. The van der Waals surface area contributed by atoms with Crippen molar-refractivity contribution < 1.29 is 57.2 Å². The van der Waals surface area contributed by atoms with Crippen molar-refractivity contribution in [2.24, 2.45) is 0 Å². The molecule has 0 aliphatic heterocycles. The van der Waals surface area contributed by atoms with Gasteiger partial charge in [-0.15, -0.1) is 0 Å². The molecule has 0 bridgehead atoms. The Morgan fingerprint density at radius 3 is 2.08 bits per heavy atom. The topological polar surface area (TPSA) is 20.2 Å². The van der Waals surface area contributed by atoms with Crippen LogP contribution in [0.25, 0.3) is 0 Å². The van der Waals surface area contributed by atoms with E-state index in [0.717, 1.165) is 0 Å². The van der Waals surface area contributed by atoms with Gasteiger partial charge in [-0.2, -0.15) is 0 Å². The molecule has 12 heavy (non-hydrogen) atoms. The number of aliphatic hydroxyl groups is 1. The first kappa shape index (κ1) is 18.7. The molecule has 0 aromatic carbocycles. The zero-order valence-corrected chi connectivity index (χ0v) is 13.4. The Balaban J connectivity index is -0.000000249. The average Bonchev–Trinajstić information content (AvgIpc) is 2.10. The molecule has 0 unspecified atom stereocenters. The maximum atomic E-state index is 9.01. The van der Waals surface area contributed by atoms with Gasteiger partial charge in [-0.3, -0.25) is 0 Å². The van der Waals surface area contributed by atoms with E-state index in [-0.39, 0.29) is 38.5 Å². The molecular weight excluding hydrogens is 397 g/mol. The predicted octanol–water partition coefficient (Wildman–Crippen LogP) is 2.38. The fourth-order valence-corrected chi connectivity index (χ4v) is 0.916. The van der Waals surface area contributed by atoms with Crippen LogP contribution >= 0.6 is 0 Å². The summed E-state index contributed by atoms with van der Waals surface area (Å²) in [5, 5.41) is 9.01. The third-order valence-electron chi connectivity index (χ3n) is 0.911. The van der Waals surface area contributed by atoms with Crippen molar-refractivity contribution in [3.05, 3.63) is 30.9 Å². The molecule has 0 saturated carbocycles. The third-order valence-corrected chi connectivity index (χ3v) is 1.71. The van der Waals surface area contributed by atoms with Crippen LogP contribution in [0.2, 0.25) is 0 Å². The van der Waals surface area contributed by atoms with Crippen molar-refractivity contribution in [3.8, 4) is 0 Å². The van der Waals surface area contributed by atoms with Crippen LogP contribution in [0, 0.1) is 13.5 Å². The normalized spacial score (nSPS) is 9.58. The second-order valence-corrected chi connectivity index (χ2v) is 2.29. The molecule has 0 spiro atoms. The van der Waals surface area contributed by atoms with Gasteiger partial charge in [0.2, 0.25) is 0 Å². The first-order valence-corrected chi connectivity index (χ1v) is 5.17. The van der Waals surface area contributed by atoms with E-state index < -0.39 is 0 Å². The van der Waals surface area contributed by atoms with Crippen molar-refractivity contribution in [1.29, 1.82) is 0 Å². The quantitative estimate of drug-likeness (QED) is 0.430. The second kappa shape index (κ2) is 14.5. The van der Waals surface area contributed by atoms with Crippen LogP contribution in [0.15, 0.2) is 17.4 Å². The molecule has 0 aromatic heterocycles. The Kier molecular flexibility index (Phi) is 22.5. The van der Waals surface area contributed by atoms with Crippen LogP contribution in [-0.2, 0) is 52.1 Å². The van der Waals surface area contributed by atoms with Crippen molar-refractivity contribution in [1.82, 2.24) is 0 Å². The summed E-state index contributed by atoms with van der Waals surface area (Å²) in [4.78, 5) is 0. The van der Waals surface area contributed by atoms with Crippen LogP contribution in [0.4, 0.5) is 0 Å². The summed E-state index contributed by atoms with van der Waals surface area (Å²) in [7, 11) is 0. The molecule has 3 heteroatoms. The second-order valence-electron chi connectivity index (χ2n) is 1.44. The fraction of sp³-hybridized carbons (Fsp3) is 0.333. The Labute approximate surface area is 112 Å². The molecule has 1 nitrogen and oxygen atoms in total. The minimum Gasteiger partial charge on any atom is 0 e. The third kappa shape index (κ3) is 9.03. The summed E-state index contributed by atoms with van der Waals surface area (Å²) < 4.78 is 1.67. The zero-order chi connectivity index (χ0) is 9.28. The molecule has 0 saturated heterocycles. The van der Waals surface area contributed by atoms with Gasteiger partial charge >= 0.3 is 66.2 Å². The van der Waals surface area contributed by atoms with E-state index in [2.05, 4.69) is 6.92 Å². The van der Waals surface area contributed by atoms with Crippen LogP contribution < -0.4 is 0 Å². The van der Waals surface area contributed by atoms with E-state index in [0.29, 0.717) is 12.0 Å². The van der Waals surface area contributed by atoms with Crippen molar-refractivity contribution in [2.75, 3.05) is 0 Å². The number of hydrogen-bond donors (Lipinski definition) is 1. The van der Waals surface area contributed by atoms with Crippen LogP contribution in [0.1, 0.15) is 20.3 Å². The molecular formula is C9H14OWY-2. The van der Waals surface area contributed by atoms with E-state index in [4.69, 9.17) is 11.7 Å². The van der Waals surface area contributed by atoms with E-state index in [1.54, 1.807) is 4.40 Å². The van der Waals surface area contributed by atoms with E-state index in [9.17, 15) is 0 Å². The number of rotatable bonds is 3. The molecule has 1 N–H and O–H groups in total. The van der Waals surface area contributed by atoms with Gasteiger partial charge < -0.3 is 0 Å². The van der Waals surface area contributed by atoms with Gasteiger partial charge in [0.15, 0.2) is 0 Å². The Hall–Kier alpha value is 0.942. The monoisotopic (exact) mass is 411 g/mol. The minimum atomic E-state index is 0. The van der Waals surface area contributed by atoms with E-state index in [1.807, 2.05) is 13.8 Å². The Morgan fingerprint density at radius 1 is 1.58 bits per heavy atom. The molecule has 0 aliphatic rings.